The van der Waals surface area contributed by atoms with Crippen molar-refractivity contribution in [3.63, 3.8) is 0 Å². The molecular formula is C17H25NO5. The maximum Gasteiger partial charge on any atom is 0.336 e. The molecule has 23 heavy (non-hydrogen) atoms. The summed E-state index contributed by atoms with van der Waals surface area (Å²) >= 11 is 0. The van der Waals surface area contributed by atoms with Crippen molar-refractivity contribution in [2.45, 2.75) is 19.4 Å². The van der Waals surface area contributed by atoms with Gasteiger partial charge in [-0.05, 0) is 31.4 Å². The third-order valence-corrected chi connectivity index (χ3v) is 4.26. The standard InChI is InChI=1S/C17H25NO5/c1-21-11-12-5-4-6-18(9-12)10-15-14(17(19)20)7-13(22-2)8-16(15)23-3/h7-8,12H,4-6,9-11H2,1-3H3,(H,19,20)/t12-/m0/s1. The van der Waals surface area contributed by atoms with Crippen molar-refractivity contribution >= 4 is 5.97 Å². The number of aromatic carboxylic acids is 1. The highest BCUT2D eigenvalue weighted by molar-refractivity contribution is 5.91. The summed E-state index contributed by atoms with van der Waals surface area (Å²) in [5.41, 5.74) is 0.925. The maximum absolute atomic E-state index is 11.6. The van der Waals surface area contributed by atoms with Gasteiger partial charge in [-0.25, -0.2) is 4.79 Å². The van der Waals surface area contributed by atoms with E-state index in [0.29, 0.717) is 29.5 Å². The molecule has 1 aliphatic heterocycles. The van der Waals surface area contributed by atoms with Crippen LogP contribution < -0.4 is 9.47 Å². The van der Waals surface area contributed by atoms with Gasteiger partial charge in [0.2, 0.25) is 0 Å². The molecule has 6 nitrogen and oxygen atoms in total. The first-order valence-electron chi connectivity index (χ1n) is 7.78. The van der Waals surface area contributed by atoms with Gasteiger partial charge in [-0.3, -0.25) is 4.90 Å². The van der Waals surface area contributed by atoms with Crippen LogP contribution in [0.5, 0.6) is 11.5 Å². The quantitative estimate of drug-likeness (QED) is 0.830. The molecule has 0 amide bonds. The van der Waals surface area contributed by atoms with Crippen LogP contribution in [0.1, 0.15) is 28.8 Å². The zero-order chi connectivity index (χ0) is 16.8. The van der Waals surface area contributed by atoms with Crippen LogP contribution >= 0.6 is 0 Å². The number of hydrogen-bond acceptors (Lipinski definition) is 5. The Kier molecular flexibility index (Phi) is 6.24. The van der Waals surface area contributed by atoms with Crippen LogP contribution in [0.15, 0.2) is 12.1 Å². The minimum Gasteiger partial charge on any atom is -0.497 e. The third-order valence-electron chi connectivity index (χ3n) is 4.26. The van der Waals surface area contributed by atoms with E-state index in [1.54, 1.807) is 26.4 Å². The Bertz CT molecular complexity index is 544. The summed E-state index contributed by atoms with van der Waals surface area (Å²) in [6.07, 6.45) is 2.24. The number of piperidine rings is 1. The van der Waals surface area contributed by atoms with Crippen molar-refractivity contribution in [2.75, 3.05) is 41.0 Å². The predicted molar refractivity (Wildman–Crippen MR) is 86.4 cm³/mol. The molecule has 1 saturated heterocycles. The minimum atomic E-state index is -0.970. The predicted octanol–water partition coefficient (Wildman–Crippen LogP) is 2.26. The molecule has 1 fully saturated rings. The number of likely N-dealkylation sites (tertiary alicyclic amines) is 1. The molecule has 1 atom stereocenters. The second-order valence-corrected chi connectivity index (χ2v) is 5.86. The fourth-order valence-corrected chi connectivity index (χ4v) is 3.16. The Morgan fingerprint density at radius 1 is 1.30 bits per heavy atom. The number of carboxylic acids is 1. The van der Waals surface area contributed by atoms with Gasteiger partial charge < -0.3 is 19.3 Å². The van der Waals surface area contributed by atoms with E-state index in [-0.39, 0.29) is 5.56 Å². The van der Waals surface area contributed by atoms with E-state index in [2.05, 4.69) is 4.90 Å². The number of carbonyl (C=O) groups is 1. The number of rotatable bonds is 7. The van der Waals surface area contributed by atoms with Gasteiger partial charge in [0.05, 0.1) is 26.4 Å². The fraction of sp³-hybridized carbons (Fsp3) is 0.588. The molecule has 6 heteroatoms. The van der Waals surface area contributed by atoms with Crippen molar-refractivity contribution in [1.82, 2.24) is 4.90 Å². The number of methoxy groups -OCH3 is 3. The van der Waals surface area contributed by atoms with Crippen molar-refractivity contribution in [3.8, 4) is 11.5 Å². The SMILES string of the molecule is COC[C@H]1CCCN(Cc2c(OC)cc(OC)cc2C(=O)O)C1. The molecule has 0 aliphatic carbocycles. The van der Waals surface area contributed by atoms with Gasteiger partial charge in [-0.2, -0.15) is 0 Å². The Morgan fingerprint density at radius 3 is 2.70 bits per heavy atom. The summed E-state index contributed by atoms with van der Waals surface area (Å²) in [5.74, 6) is 0.559. The molecule has 1 aliphatic rings. The highest BCUT2D eigenvalue weighted by Gasteiger charge is 2.24. The summed E-state index contributed by atoms with van der Waals surface area (Å²) in [6, 6.07) is 3.29. The first kappa shape index (κ1) is 17.6. The Labute approximate surface area is 136 Å². The highest BCUT2D eigenvalue weighted by atomic mass is 16.5. The van der Waals surface area contributed by atoms with Crippen LogP contribution in [-0.2, 0) is 11.3 Å². The van der Waals surface area contributed by atoms with Crippen LogP contribution in [0.25, 0.3) is 0 Å². The lowest BCUT2D eigenvalue weighted by Crippen LogP contribution is -2.37. The Balaban J connectivity index is 2.25. The molecule has 128 valence electrons. The van der Waals surface area contributed by atoms with Gasteiger partial charge in [0.25, 0.3) is 0 Å². The van der Waals surface area contributed by atoms with Crippen LogP contribution in [0, 0.1) is 5.92 Å². The van der Waals surface area contributed by atoms with Crippen molar-refractivity contribution < 1.29 is 24.1 Å². The average Bonchev–Trinajstić information content (AvgIpc) is 2.55. The molecule has 0 saturated carbocycles. The Morgan fingerprint density at radius 2 is 2.09 bits per heavy atom. The Hall–Kier alpha value is -1.79. The molecule has 0 unspecified atom stereocenters. The monoisotopic (exact) mass is 323 g/mol. The largest absolute Gasteiger partial charge is 0.497 e. The van der Waals surface area contributed by atoms with E-state index in [4.69, 9.17) is 14.2 Å². The molecule has 0 aromatic heterocycles. The van der Waals surface area contributed by atoms with Crippen LogP contribution in [-0.4, -0.2) is 57.0 Å². The van der Waals surface area contributed by atoms with Gasteiger partial charge in [0.15, 0.2) is 0 Å². The van der Waals surface area contributed by atoms with E-state index in [0.717, 1.165) is 32.5 Å². The summed E-state index contributed by atoms with van der Waals surface area (Å²) in [5, 5.41) is 9.52. The first-order chi connectivity index (χ1) is 11.1. The van der Waals surface area contributed by atoms with Gasteiger partial charge in [-0.1, -0.05) is 0 Å². The van der Waals surface area contributed by atoms with E-state index < -0.39 is 5.97 Å². The van der Waals surface area contributed by atoms with E-state index in [9.17, 15) is 9.90 Å². The van der Waals surface area contributed by atoms with E-state index in [1.165, 1.54) is 7.11 Å². The lowest BCUT2D eigenvalue weighted by Gasteiger charge is -2.33. The maximum atomic E-state index is 11.6. The fourth-order valence-electron chi connectivity index (χ4n) is 3.16. The topological polar surface area (TPSA) is 68.2 Å². The van der Waals surface area contributed by atoms with Gasteiger partial charge in [0, 0.05) is 31.8 Å². The first-order valence-corrected chi connectivity index (χ1v) is 7.78. The summed E-state index contributed by atoms with van der Waals surface area (Å²) in [7, 11) is 4.78. The van der Waals surface area contributed by atoms with Gasteiger partial charge in [-0.15, -0.1) is 0 Å². The molecule has 0 bridgehead atoms. The number of nitrogens with zero attached hydrogens (tertiary/aromatic N) is 1. The molecule has 0 radical (unpaired) electrons. The summed E-state index contributed by atoms with van der Waals surface area (Å²) in [4.78, 5) is 13.9. The summed E-state index contributed by atoms with van der Waals surface area (Å²) < 4.78 is 15.8. The van der Waals surface area contributed by atoms with E-state index >= 15 is 0 Å². The number of benzene rings is 1. The van der Waals surface area contributed by atoms with Crippen LogP contribution in [0.3, 0.4) is 0 Å². The van der Waals surface area contributed by atoms with Gasteiger partial charge in [0.1, 0.15) is 11.5 Å². The molecule has 0 spiro atoms. The zero-order valence-corrected chi connectivity index (χ0v) is 14.0. The van der Waals surface area contributed by atoms with Crippen molar-refractivity contribution in [2.24, 2.45) is 5.92 Å². The van der Waals surface area contributed by atoms with Crippen LogP contribution in [0.2, 0.25) is 0 Å². The second kappa shape index (κ2) is 8.17. The lowest BCUT2D eigenvalue weighted by molar-refractivity contribution is 0.0687. The average molecular weight is 323 g/mol. The highest BCUT2D eigenvalue weighted by Crippen LogP contribution is 2.31. The minimum absolute atomic E-state index is 0.232. The normalized spacial score (nSPS) is 18.7. The molecule has 1 aromatic rings. The number of ether oxygens (including phenoxy) is 3. The van der Waals surface area contributed by atoms with Crippen molar-refractivity contribution in [3.05, 3.63) is 23.3 Å². The summed E-state index contributed by atoms with van der Waals surface area (Å²) in [6.45, 7) is 3.15. The van der Waals surface area contributed by atoms with Crippen molar-refractivity contribution in [1.29, 1.82) is 0 Å². The van der Waals surface area contributed by atoms with E-state index in [1.807, 2.05) is 0 Å². The number of carboxylic acid groups (broad SMARTS) is 1. The molecule has 1 aromatic carbocycles. The molecular weight excluding hydrogens is 298 g/mol. The lowest BCUT2D eigenvalue weighted by atomic mass is 9.97. The third kappa shape index (κ3) is 4.36. The molecule has 1 N–H and O–H groups in total. The smallest absolute Gasteiger partial charge is 0.336 e. The van der Waals surface area contributed by atoms with Gasteiger partial charge >= 0.3 is 5.97 Å². The van der Waals surface area contributed by atoms with Crippen LogP contribution in [0.4, 0.5) is 0 Å². The molecule has 2 rings (SSSR count). The zero-order valence-electron chi connectivity index (χ0n) is 14.0. The second-order valence-electron chi connectivity index (χ2n) is 5.86. The molecule has 1 heterocycles. The number of hydrogen-bond donors (Lipinski definition) is 1.